The van der Waals surface area contributed by atoms with Gasteiger partial charge in [-0.1, -0.05) is 461 Å². The highest BCUT2D eigenvalue weighted by Gasteiger charge is 2.43. The van der Waals surface area contributed by atoms with Crippen LogP contribution in [0.1, 0.15) is 0 Å². The van der Waals surface area contributed by atoms with Gasteiger partial charge >= 0.3 is 0 Å². The Hall–Kier alpha value is -18.3. The number of hydrogen-bond acceptors (Lipinski definition) is 0. The fraction of sp³-hybridized carbons (Fsp3) is 0. The molecule has 0 fully saturated rings. The molecule has 27 aromatic rings. The van der Waals surface area contributed by atoms with Crippen molar-refractivity contribution in [2.75, 3.05) is 0 Å². The van der Waals surface area contributed by atoms with Gasteiger partial charge in [0.05, 0.1) is 44.1 Å². The topological polar surface area (TPSA) is 19.7 Å². The fourth-order valence-corrected chi connectivity index (χ4v) is 32.6. The molecule has 0 saturated heterocycles. The molecule has 0 bridgehead atoms. The molecule has 4 aromatic heterocycles. The average Bonchev–Trinajstić information content (AvgIpc) is 1.58. The van der Waals surface area contributed by atoms with E-state index < -0.39 is 16.1 Å². The second kappa shape index (κ2) is 36.8. The smallest absolute Gasteiger partial charge is 0.179 e. The molecular weight excluding hydrogens is 1770 g/mol. The Bertz CT molecular complexity index is 9240. The van der Waals surface area contributed by atoms with Crippen LogP contribution in [0.3, 0.4) is 0 Å². The molecule has 0 spiro atoms. The van der Waals surface area contributed by atoms with Gasteiger partial charge in [-0.2, -0.15) is 0 Å². The van der Waals surface area contributed by atoms with Gasteiger partial charge in [-0.3, -0.25) is 0 Å². The lowest BCUT2D eigenvalue weighted by atomic mass is 9.98. The first-order valence-electron chi connectivity index (χ1n) is 49.7. The Morgan fingerprint density at radius 2 is 0.278 bits per heavy atom. The highest BCUT2D eigenvalue weighted by molar-refractivity contribution is 7.20. The Morgan fingerprint density at radius 3 is 0.576 bits per heavy atom. The highest BCUT2D eigenvalue weighted by Crippen LogP contribution is 2.43. The maximum Gasteiger partial charge on any atom is 0.179 e. The maximum absolute atomic E-state index is 2.73. The average molecular weight is 1870 g/mol. The van der Waals surface area contributed by atoms with Crippen LogP contribution in [0.25, 0.3) is 188 Å². The van der Waals surface area contributed by atoms with E-state index in [9.17, 15) is 0 Å². The van der Waals surface area contributed by atoms with Crippen molar-refractivity contribution in [2.45, 2.75) is 0 Å². The van der Waals surface area contributed by atoms with Crippen molar-refractivity contribution in [3.63, 3.8) is 0 Å². The van der Waals surface area contributed by atoms with Crippen LogP contribution in [-0.2, 0) is 0 Å². The number of hydrogen-bond donors (Lipinski definition) is 0. The molecule has 0 aliphatic rings. The van der Waals surface area contributed by atoms with Crippen molar-refractivity contribution in [3.05, 3.63) is 582 Å². The molecule has 0 atom stereocenters. The van der Waals surface area contributed by atoms with Crippen LogP contribution in [0.4, 0.5) is 0 Å². The van der Waals surface area contributed by atoms with Crippen LogP contribution < -0.4 is 41.5 Å². The summed E-state index contributed by atoms with van der Waals surface area (Å²) in [6.45, 7) is 0. The van der Waals surface area contributed by atoms with Gasteiger partial charge < -0.3 is 18.3 Å². The molecule has 0 N–H and O–H groups in total. The summed E-state index contributed by atoms with van der Waals surface area (Å²) in [5.74, 6) is 0. The van der Waals surface area contributed by atoms with Crippen LogP contribution >= 0.6 is 0 Å². The molecule has 4 heterocycles. The number of fused-ring (bicyclic) bond motifs is 12. The Labute approximate surface area is 839 Å². The van der Waals surface area contributed by atoms with E-state index in [1.807, 2.05) is 0 Å². The molecule has 0 amide bonds. The van der Waals surface area contributed by atoms with E-state index in [4.69, 9.17) is 0 Å². The predicted octanol–water partition coefficient (Wildman–Crippen LogP) is 30.2. The molecule has 6 heteroatoms. The third kappa shape index (κ3) is 15.1. The van der Waals surface area contributed by atoms with E-state index in [-0.39, 0.29) is 0 Å². The number of benzene rings is 23. The van der Waals surface area contributed by atoms with E-state index in [2.05, 4.69) is 601 Å². The quantitative estimate of drug-likeness (QED) is 0.0568. The van der Waals surface area contributed by atoms with Gasteiger partial charge in [0.25, 0.3) is 0 Å². The summed E-state index contributed by atoms with van der Waals surface area (Å²) in [5.41, 5.74) is 31.1. The fourth-order valence-electron chi connectivity index (χ4n) is 23.1. The third-order valence-corrected chi connectivity index (χ3v) is 39.3. The molecule has 4 nitrogen and oxygen atoms in total. The number of aromatic nitrogens is 4. The molecule has 0 unspecified atom stereocenters. The van der Waals surface area contributed by atoms with E-state index >= 15 is 0 Å². The van der Waals surface area contributed by atoms with Crippen molar-refractivity contribution in [3.8, 4) is 101 Å². The van der Waals surface area contributed by atoms with Gasteiger partial charge in [0.1, 0.15) is 0 Å². The van der Waals surface area contributed by atoms with Gasteiger partial charge in [-0.25, -0.2) is 0 Å². The van der Waals surface area contributed by atoms with Crippen molar-refractivity contribution < 1.29 is 0 Å². The van der Waals surface area contributed by atoms with E-state index in [0.717, 1.165) is 22.7 Å². The van der Waals surface area contributed by atoms with Gasteiger partial charge in [-0.05, 0) is 241 Å². The molecule has 144 heavy (non-hydrogen) atoms. The number of para-hydroxylation sites is 4. The molecule has 0 aliphatic heterocycles. The summed E-state index contributed by atoms with van der Waals surface area (Å²) < 4.78 is 9.69. The standard InChI is InChI=1S/C72H50N2Si.C66H46N2Si/c1-5-19-51(20-6-1)52-39-43-59(44-40-52)73-69-33-15-13-31-65(69)67-49-57(41-45-71(67)73)53-35-37-54(38-36-53)58-42-46-72-68(50-58)66-32-14-16-34-70(66)74(72)60-23-17-21-55(47-60)56-22-18-30-64(48-56)75(61-24-7-2-8-25-61,62-26-9-3-10-27-62)63-28-11-4-12-29-63;1-5-18-47(19-6-1)48-36-40-53(41-37-48)67-63-30-15-13-28-59(63)61-44-51(38-42-65(61)67)49-32-34-50(35-33-49)52-39-43-66-62(45-52)60-29-14-16-31-64(60)68(66)54-20-17-27-58(46-54)69(55-21-7-2-8-22-55,56-23-9-3-10-24-56)57-25-11-4-12-26-57/h1-50H;1-46H. The summed E-state index contributed by atoms with van der Waals surface area (Å²) >= 11 is 0. The van der Waals surface area contributed by atoms with Crippen LogP contribution in [0, 0.1) is 0 Å². The maximum atomic E-state index is 2.47. The van der Waals surface area contributed by atoms with Gasteiger partial charge in [0, 0.05) is 65.8 Å². The Kier molecular flexibility index (Phi) is 22.0. The Morgan fingerprint density at radius 1 is 0.0972 bits per heavy atom. The SMILES string of the molecule is c1ccc(-c2ccc(-n3c4ccccc4c4cc(-c5ccc(-c6ccc7c(c6)c6ccccc6n7-c6cccc(-c7cccc([Si](c8ccccc8)(c8ccccc8)c8ccccc8)c7)c6)cc5)ccc43)cc2)cc1.c1ccc(-c2ccc(-n3c4ccccc4c4cc(-c5ccc(-c6ccc7c(c6)c6ccccc6n7-c6cccc([Si](c7ccccc7)(c7ccccc7)c7ccccc7)c6)cc5)ccc43)cc2)cc1. The lowest BCUT2D eigenvalue weighted by Crippen LogP contribution is -2.74. The first-order valence-corrected chi connectivity index (χ1v) is 53.7. The molecule has 27 rings (SSSR count). The van der Waals surface area contributed by atoms with Crippen LogP contribution in [0.2, 0.25) is 0 Å². The van der Waals surface area contributed by atoms with Crippen LogP contribution in [0.15, 0.2) is 582 Å². The largest absolute Gasteiger partial charge is 0.309 e. The lowest BCUT2D eigenvalue weighted by molar-refractivity contribution is 1.18. The normalized spacial score (nSPS) is 11.8. The predicted molar refractivity (Wildman–Crippen MR) is 616 cm³/mol. The minimum atomic E-state index is -2.73. The van der Waals surface area contributed by atoms with Gasteiger partial charge in [-0.15, -0.1) is 0 Å². The zero-order valence-electron chi connectivity index (χ0n) is 79.2. The highest BCUT2D eigenvalue weighted by atomic mass is 28.3. The minimum Gasteiger partial charge on any atom is -0.309 e. The Balaban J connectivity index is 0.000000147. The van der Waals surface area contributed by atoms with Crippen molar-refractivity contribution >= 4 is 145 Å². The van der Waals surface area contributed by atoms with Crippen molar-refractivity contribution in [2.24, 2.45) is 0 Å². The zero-order valence-corrected chi connectivity index (χ0v) is 81.2. The molecule has 0 radical (unpaired) electrons. The van der Waals surface area contributed by atoms with Gasteiger partial charge in [0.15, 0.2) is 16.1 Å². The summed E-state index contributed by atoms with van der Waals surface area (Å²) in [5, 5.41) is 20.9. The summed E-state index contributed by atoms with van der Waals surface area (Å²) in [7, 11) is -5.43. The van der Waals surface area contributed by atoms with E-state index in [1.54, 1.807) is 0 Å². The second-order valence-corrected chi connectivity index (χ2v) is 45.3. The van der Waals surface area contributed by atoms with Crippen molar-refractivity contribution in [1.82, 2.24) is 18.3 Å². The zero-order chi connectivity index (χ0) is 95.4. The lowest BCUT2D eigenvalue weighted by Gasteiger charge is -2.34. The van der Waals surface area contributed by atoms with E-state index in [1.165, 1.54) is 207 Å². The first kappa shape index (κ1) is 86.1. The monoisotopic (exact) mass is 1860 g/mol. The molecule has 0 aliphatic carbocycles. The van der Waals surface area contributed by atoms with Crippen LogP contribution in [0.5, 0.6) is 0 Å². The molecule has 23 aromatic carbocycles. The number of nitrogens with zero attached hydrogens (tertiary/aromatic N) is 4. The number of rotatable bonds is 19. The summed E-state index contributed by atoms with van der Waals surface area (Å²) in [6, 6.07) is 215. The van der Waals surface area contributed by atoms with Gasteiger partial charge in [0.2, 0.25) is 0 Å². The summed E-state index contributed by atoms with van der Waals surface area (Å²) in [4.78, 5) is 0. The molecule has 676 valence electrons. The first-order chi connectivity index (χ1) is 71.4. The molecule has 0 saturated carbocycles. The summed E-state index contributed by atoms with van der Waals surface area (Å²) in [6.07, 6.45) is 0. The van der Waals surface area contributed by atoms with E-state index in [0.29, 0.717) is 0 Å². The third-order valence-electron chi connectivity index (χ3n) is 29.8. The minimum absolute atomic E-state index is 1.14. The second-order valence-electron chi connectivity index (χ2n) is 37.7. The molecular formula is C138H96N4Si2. The van der Waals surface area contributed by atoms with Crippen molar-refractivity contribution in [1.29, 1.82) is 0 Å². The van der Waals surface area contributed by atoms with Crippen LogP contribution in [-0.4, -0.2) is 34.4 Å².